The summed E-state index contributed by atoms with van der Waals surface area (Å²) in [4.78, 5) is 5.40. The molecule has 8 aromatic rings. The average Bonchev–Trinajstić information content (AvgIpc) is 1.54. The van der Waals surface area contributed by atoms with Crippen LogP contribution in [0.4, 0.5) is 23.2 Å². The maximum absolute atomic E-state index is 15.7. The second kappa shape index (κ2) is 33.7. The SMILES string of the molecule is C=CC1=CCC(OC2=CC=C(C3(c4ccc(F)cc4)C4=C(C=CC(N(C5=Cc6cc7c8c(oc7cc6CC5)CCC(N(C5=CC=C(C6=CCCC(c7ccc(F)cc7)=C6)CC5)C5C=CC6c7ccccc7C(c7ccc(OC9=CC=C(C=C)CC9)cc7)(C7CC=C(F)CC7)C6C5)=C8)c5ccc(-c6cccc(C7=CC=C(F)CC7)c6)cc5)C4)C4C=CCCC43)CC2)C=C1. The fourth-order valence-corrected chi connectivity index (χ4v) is 24.6. The van der Waals surface area contributed by atoms with Gasteiger partial charge < -0.3 is 23.7 Å². The first-order chi connectivity index (χ1) is 62.4. The number of hydrogen-bond donors (Lipinski definition) is 0. The van der Waals surface area contributed by atoms with Crippen LogP contribution in [0.2, 0.25) is 0 Å². The predicted octanol–water partition coefficient (Wildman–Crippen LogP) is 30.3. The molecule has 0 aliphatic heterocycles. The minimum atomic E-state index is -0.509. The number of hydrogen-bond acceptors (Lipinski definition) is 5. The Morgan fingerprint density at radius 2 is 1.28 bits per heavy atom. The number of halogens is 4. The van der Waals surface area contributed by atoms with Gasteiger partial charge in [-0.2, -0.15) is 0 Å². The van der Waals surface area contributed by atoms with Crippen LogP contribution in [0.25, 0.3) is 45.4 Å². The maximum atomic E-state index is 15.7. The van der Waals surface area contributed by atoms with Gasteiger partial charge in [0.25, 0.3) is 0 Å². The highest BCUT2D eigenvalue weighted by atomic mass is 19.1. The highest BCUT2D eigenvalue weighted by molar-refractivity contribution is 5.93. The van der Waals surface area contributed by atoms with Crippen molar-refractivity contribution in [2.45, 2.75) is 176 Å². The van der Waals surface area contributed by atoms with Gasteiger partial charge in [0.05, 0.1) is 23.7 Å². The molecule has 10 unspecified atom stereocenters. The van der Waals surface area contributed by atoms with Gasteiger partial charge in [0, 0.05) is 88.5 Å². The Balaban J connectivity index is 0.647. The van der Waals surface area contributed by atoms with Gasteiger partial charge in [0.2, 0.25) is 0 Å². The number of allylic oxidation sites excluding steroid dienone is 33. The zero-order chi connectivity index (χ0) is 85.4. The normalized spacial score (nSPS) is 26.2. The zero-order valence-electron chi connectivity index (χ0n) is 72.1. The fraction of sp³-hybridized carbons (Fsp3) is 0.271. The molecule has 0 N–H and O–H groups in total. The van der Waals surface area contributed by atoms with Crippen molar-refractivity contribution in [3.63, 3.8) is 0 Å². The van der Waals surface area contributed by atoms with E-state index in [2.05, 4.69) is 260 Å². The third-order valence-electron chi connectivity index (χ3n) is 30.6. The van der Waals surface area contributed by atoms with Crippen LogP contribution in [0.1, 0.15) is 190 Å². The molecular formula is C118H106F4N2O3. The van der Waals surface area contributed by atoms with Gasteiger partial charge in [-0.1, -0.05) is 213 Å². The van der Waals surface area contributed by atoms with E-state index in [1.807, 2.05) is 36.4 Å². The molecule has 22 rings (SSSR count). The van der Waals surface area contributed by atoms with E-state index >= 15 is 8.78 Å². The Hall–Kier alpha value is -12.5. The number of anilines is 1. The molecular weight excluding hydrogens is 1570 g/mol. The second-order valence-corrected chi connectivity index (χ2v) is 37.3. The van der Waals surface area contributed by atoms with Crippen LogP contribution in [0.5, 0.6) is 5.75 Å². The third-order valence-corrected chi connectivity index (χ3v) is 30.6. The summed E-state index contributed by atoms with van der Waals surface area (Å²) >= 11 is 0. The minimum Gasteiger partial charge on any atom is -0.490 e. The molecule has 14 aliphatic carbocycles. The van der Waals surface area contributed by atoms with Crippen LogP contribution in [0, 0.1) is 35.3 Å². The first-order valence-electron chi connectivity index (χ1n) is 46.6. The molecule has 10 atom stereocenters. The number of rotatable bonds is 20. The lowest BCUT2D eigenvalue weighted by Gasteiger charge is -2.49. The molecule has 7 aromatic carbocycles. The van der Waals surface area contributed by atoms with Crippen LogP contribution >= 0.6 is 0 Å². The van der Waals surface area contributed by atoms with Crippen molar-refractivity contribution >= 4 is 40.0 Å². The van der Waals surface area contributed by atoms with Crippen molar-refractivity contribution in [2.75, 3.05) is 4.90 Å². The van der Waals surface area contributed by atoms with Crippen molar-refractivity contribution in [3.8, 4) is 16.9 Å². The first-order valence-corrected chi connectivity index (χ1v) is 46.6. The predicted molar refractivity (Wildman–Crippen MR) is 509 cm³/mol. The van der Waals surface area contributed by atoms with Gasteiger partial charge in [-0.15, -0.1) is 0 Å². The van der Waals surface area contributed by atoms with E-state index in [0.717, 1.165) is 200 Å². The van der Waals surface area contributed by atoms with Crippen molar-refractivity contribution in [1.82, 2.24) is 4.90 Å². The molecule has 14 aliphatic rings. The topological polar surface area (TPSA) is 38.1 Å². The summed E-state index contributed by atoms with van der Waals surface area (Å²) in [5.41, 5.74) is 29.5. The maximum Gasteiger partial charge on any atom is 0.135 e. The number of aryl methyl sites for hydroxylation is 2. The van der Waals surface area contributed by atoms with Crippen LogP contribution in [0.15, 0.2) is 388 Å². The van der Waals surface area contributed by atoms with Crippen molar-refractivity contribution in [1.29, 1.82) is 0 Å². The number of nitrogens with zero attached hydrogens (tertiary/aromatic N) is 2. The van der Waals surface area contributed by atoms with E-state index in [9.17, 15) is 8.78 Å². The summed E-state index contributed by atoms with van der Waals surface area (Å²) in [6, 6.07) is 55.3. The highest BCUT2D eigenvalue weighted by Gasteiger charge is 2.59. The van der Waals surface area contributed by atoms with Crippen LogP contribution in [0.3, 0.4) is 0 Å². The molecule has 127 heavy (non-hydrogen) atoms. The molecule has 1 aromatic heterocycles. The molecule has 1 heterocycles. The molecule has 0 fully saturated rings. The van der Waals surface area contributed by atoms with E-state index in [0.29, 0.717) is 25.7 Å². The first kappa shape index (κ1) is 80.4. The van der Waals surface area contributed by atoms with Crippen LogP contribution in [-0.4, -0.2) is 23.1 Å². The van der Waals surface area contributed by atoms with E-state index < -0.39 is 10.8 Å². The number of benzene rings is 7. The standard InChI is InChI=1S/C118H106F4N2O3/c1-3-75-19-56-101(57-20-75)125-103-60-36-89(37-61-103)117(87-32-44-93(121)45-33-87)111-17-7-5-15-105(111)107-64-53-99(73-113(107)117)123(95-48-27-79(28-49-95)83-13-9-11-81(67-83)77-23-40-91(119)41-24-77)97-52-31-85-71-116-109(70-86(85)69-97)110-72-98(55-66-115(110)127-116)124(96-50-29-80(30-51-96)84-14-10-12-82(68-84)78-25-42-92(120)43-26-78)100-54-65-108-106-16-6-8-18-112(106)118(114(108)74-100,88-34-46-94(122)47-35-88)90-38-62-104(63-39-90)126-102-58-21-76(4-2)22-59-102/h3-6,8-9,11,13-16,18-21,23,25-29,32-33,36,38-40,42-46,48-50,53-54,56,58,60,62-65,67-72,88,99-101,105,108,111,114H,1-2,7,10,12,17,22,24,30-31,34-35,37,41,47,51-52,55,57,59,61,66,73-74H2. The van der Waals surface area contributed by atoms with E-state index in [1.165, 1.54) is 83.9 Å². The molecule has 0 saturated carbocycles. The van der Waals surface area contributed by atoms with E-state index in [4.69, 9.17) is 13.9 Å². The molecule has 0 bridgehead atoms. The summed E-state index contributed by atoms with van der Waals surface area (Å²) in [6.45, 7) is 8.02. The molecule has 5 nitrogen and oxygen atoms in total. The third kappa shape index (κ3) is 14.7. The van der Waals surface area contributed by atoms with Gasteiger partial charge in [0.15, 0.2) is 0 Å². The van der Waals surface area contributed by atoms with Crippen LogP contribution in [-0.2, 0) is 28.4 Å². The fourth-order valence-electron chi connectivity index (χ4n) is 24.6. The summed E-state index contributed by atoms with van der Waals surface area (Å²) < 4.78 is 80.7. The zero-order valence-corrected chi connectivity index (χ0v) is 72.1. The lowest BCUT2D eigenvalue weighted by atomic mass is 9.56. The van der Waals surface area contributed by atoms with Gasteiger partial charge in [-0.05, 0) is 336 Å². The lowest BCUT2D eigenvalue weighted by molar-refractivity contribution is 0.146. The highest BCUT2D eigenvalue weighted by Crippen LogP contribution is 2.66. The lowest BCUT2D eigenvalue weighted by Crippen LogP contribution is -2.46. The Bertz CT molecular complexity index is 6470. The summed E-state index contributed by atoms with van der Waals surface area (Å²) in [6.07, 6.45) is 71.3. The molecule has 9 heteroatoms. The van der Waals surface area contributed by atoms with Crippen molar-refractivity contribution in [3.05, 3.63) is 451 Å². The van der Waals surface area contributed by atoms with E-state index in [-0.39, 0.29) is 71.1 Å². The van der Waals surface area contributed by atoms with Crippen LogP contribution < -0.4 is 9.64 Å². The van der Waals surface area contributed by atoms with Gasteiger partial charge in [-0.25, -0.2) is 17.6 Å². The minimum absolute atomic E-state index is 0.00919. The summed E-state index contributed by atoms with van der Waals surface area (Å²) in [7, 11) is 0. The molecule has 0 amide bonds. The van der Waals surface area contributed by atoms with Gasteiger partial charge in [-0.3, -0.25) is 0 Å². The Morgan fingerprint density at radius 3 is 2.06 bits per heavy atom. The Morgan fingerprint density at radius 1 is 0.496 bits per heavy atom. The molecule has 0 spiro atoms. The van der Waals surface area contributed by atoms with Crippen molar-refractivity contribution in [2.24, 2.45) is 23.7 Å². The largest absolute Gasteiger partial charge is 0.490 e. The quantitative estimate of drug-likeness (QED) is 0.0562. The van der Waals surface area contributed by atoms with E-state index in [1.54, 1.807) is 30.3 Å². The Labute approximate surface area is 744 Å². The molecule has 634 valence electrons. The van der Waals surface area contributed by atoms with Gasteiger partial charge >= 0.3 is 0 Å². The molecule has 0 radical (unpaired) electrons. The smallest absolute Gasteiger partial charge is 0.135 e. The monoisotopic (exact) mass is 1670 g/mol. The number of furan rings is 1. The Kier molecular flexibility index (Phi) is 21.3. The average molecular weight is 1680 g/mol. The number of fused-ring (bicyclic) bond motifs is 9. The second-order valence-electron chi connectivity index (χ2n) is 37.3. The van der Waals surface area contributed by atoms with Gasteiger partial charge in [0.1, 0.15) is 46.4 Å². The van der Waals surface area contributed by atoms with Crippen molar-refractivity contribution < 1.29 is 31.5 Å². The summed E-state index contributed by atoms with van der Waals surface area (Å²) in [5, 5.41) is 1.11. The molecule has 0 saturated heterocycles. The number of ether oxygens (including phenoxy) is 2. The summed E-state index contributed by atoms with van der Waals surface area (Å²) in [5.74, 6) is 4.05.